The number of hydrogen-bond acceptors (Lipinski definition) is 3. The third-order valence-corrected chi connectivity index (χ3v) is 2.41. The molecular formula is C10H15IN2O2. The molecule has 4 nitrogen and oxygen atoms in total. The Labute approximate surface area is 103 Å². The van der Waals surface area contributed by atoms with Crippen molar-refractivity contribution in [3.05, 3.63) is 21.7 Å². The van der Waals surface area contributed by atoms with Gasteiger partial charge in [0.25, 0.3) is 0 Å². The smallest absolute Gasteiger partial charge is 0.221 e. The fourth-order valence-corrected chi connectivity index (χ4v) is 1.61. The van der Waals surface area contributed by atoms with Gasteiger partial charge in [0.1, 0.15) is 5.76 Å². The fraction of sp³-hybridized carbons (Fsp3) is 0.500. The molecule has 84 valence electrons. The predicted molar refractivity (Wildman–Crippen MR) is 66.4 cm³/mol. The summed E-state index contributed by atoms with van der Waals surface area (Å²) < 4.78 is 6.24. The number of hydrogen-bond donors (Lipinski definition) is 2. The molecule has 1 aromatic rings. The van der Waals surface area contributed by atoms with Crippen LogP contribution in [0, 0.1) is 3.77 Å². The summed E-state index contributed by atoms with van der Waals surface area (Å²) >= 11 is 2.12. The maximum Gasteiger partial charge on any atom is 0.221 e. The Balaban J connectivity index is 2.09. The number of amides is 1. The Hall–Kier alpha value is -0.560. The number of halogens is 1. The van der Waals surface area contributed by atoms with E-state index in [1.807, 2.05) is 19.1 Å². The maximum atomic E-state index is 11.1. The second-order valence-electron chi connectivity index (χ2n) is 3.09. The minimum absolute atomic E-state index is 0.0824. The van der Waals surface area contributed by atoms with Gasteiger partial charge in [0.05, 0.1) is 6.54 Å². The zero-order chi connectivity index (χ0) is 11.1. The molecular weight excluding hydrogens is 307 g/mol. The van der Waals surface area contributed by atoms with Crippen LogP contribution in [0.25, 0.3) is 0 Å². The summed E-state index contributed by atoms with van der Waals surface area (Å²) in [5.41, 5.74) is 0. The number of carbonyl (C=O) groups excluding carboxylic acids is 1. The first-order chi connectivity index (χ1) is 7.22. The van der Waals surface area contributed by atoms with Gasteiger partial charge in [-0.1, -0.05) is 0 Å². The molecule has 0 bridgehead atoms. The molecule has 0 spiro atoms. The van der Waals surface area contributed by atoms with Crippen molar-refractivity contribution in [2.75, 3.05) is 13.1 Å². The Morgan fingerprint density at radius 2 is 2.33 bits per heavy atom. The van der Waals surface area contributed by atoms with Gasteiger partial charge in [-0.3, -0.25) is 4.79 Å². The van der Waals surface area contributed by atoms with Crippen molar-refractivity contribution in [3.8, 4) is 0 Å². The summed E-state index contributed by atoms with van der Waals surface area (Å²) in [4.78, 5) is 11.1. The van der Waals surface area contributed by atoms with Crippen LogP contribution in [0.15, 0.2) is 16.5 Å². The molecule has 0 saturated heterocycles. The molecule has 0 atom stereocenters. The molecule has 15 heavy (non-hydrogen) atoms. The first-order valence-corrected chi connectivity index (χ1v) is 6.02. The summed E-state index contributed by atoms with van der Waals surface area (Å²) in [5, 5.41) is 5.89. The highest BCUT2D eigenvalue weighted by atomic mass is 127. The van der Waals surface area contributed by atoms with Crippen molar-refractivity contribution in [1.82, 2.24) is 10.6 Å². The summed E-state index contributed by atoms with van der Waals surface area (Å²) in [6.07, 6.45) is 0.506. The molecule has 0 aliphatic carbocycles. The van der Waals surface area contributed by atoms with Crippen LogP contribution in [0.5, 0.6) is 0 Å². The minimum Gasteiger partial charge on any atom is -0.454 e. The van der Waals surface area contributed by atoms with E-state index in [1.54, 1.807) is 0 Å². The van der Waals surface area contributed by atoms with Gasteiger partial charge in [-0.2, -0.15) is 0 Å². The Morgan fingerprint density at radius 1 is 1.53 bits per heavy atom. The summed E-state index contributed by atoms with van der Waals surface area (Å²) in [5.74, 6) is 0.981. The Kier molecular flexibility index (Phi) is 5.70. The monoisotopic (exact) mass is 322 g/mol. The van der Waals surface area contributed by atoms with Gasteiger partial charge in [0, 0.05) is 19.5 Å². The van der Waals surface area contributed by atoms with Crippen LogP contribution in [0.3, 0.4) is 0 Å². The van der Waals surface area contributed by atoms with Crippen LogP contribution in [-0.4, -0.2) is 19.0 Å². The topological polar surface area (TPSA) is 54.3 Å². The molecule has 0 radical (unpaired) electrons. The minimum atomic E-state index is 0.0824. The second kappa shape index (κ2) is 6.84. The van der Waals surface area contributed by atoms with Crippen molar-refractivity contribution in [2.45, 2.75) is 19.9 Å². The third-order valence-electron chi connectivity index (χ3n) is 1.83. The first-order valence-electron chi connectivity index (χ1n) is 4.94. The fourth-order valence-electron chi connectivity index (χ4n) is 1.15. The first kappa shape index (κ1) is 12.5. The molecule has 1 heterocycles. The molecule has 1 aromatic heterocycles. The van der Waals surface area contributed by atoms with E-state index in [0.29, 0.717) is 26.1 Å². The number of furan rings is 1. The molecule has 0 saturated carbocycles. The summed E-state index contributed by atoms with van der Waals surface area (Å²) in [7, 11) is 0. The van der Waals surface area contributed by atoms with Crippen LogP contribution in [0.2, 0.25) is 0 Å². The summed E-state index contributed by atoms with van der Waals surface area (Å²) in [6.45, 7) is 3.94. The van der Waals surface area contributed by atoms with E-state index in [0.717, 1.165) is 9.53 Å². The maximum absolute atomic E-state index is 11.1. The van der Waals surface area contributed by atoms with Crippen LogP contribution in [0.1, 0.15) is 19.1 Å². The quantitative estimate of drug-likeness (QED) is 0.616. The average Bonchev–Trinajstić information content (AvgIpc) is 2.60. The largest absolute Gasteiger partial charge is 0.454 e. The lowest BCUT2D eigenvalue weighted by molar-refractivity contribution is -0.120. The summed E-state index contributed by atoms with van der Waals surface area (Å²) in [6, 6.07) is 3.85. The van der Waals surface area contributed by atoms with E-state index in [2.05, 4.69) is 33.2 Å². The van der Waals surface area contributed by atoms with Gasteiger partial charge in [-0.05, 0) is 41.6 Å². The highest BCUT2D eigenvalue weighted by Gasteiger charge is 2.00. The van der Waals surface area contributed by atoms with E-state index in [1.165, 1.54) is 0 Å². The van der Waals surface area contributed by atoms with Gasteiger partial charge in [0.2, 0.25) is 5.91 Å². The normalized spacial score (nSPS) is 10.3. The van der Waals surface area contributed by atoms with Crippen LogP contribution >= 0.6 is 22.6 Å². The number of nitrogens with one attached hydrogen (secondary N) is 2. The van der Waals surface area contributed by atoms with Crippen molar-refractivity contribution in [2.24, 2.45) is 0 Å². The zero-order valence-electron chi connectivity index (χ0n) is 8.68. The van der Waals surface area contributed by atoms with E-state index in [9.17, 15) is 4.79 Å². The lowest BCUT2D eigenvalue weighted by atomic mass is 10.3. The zero-order valence-corrected chi connectivity index (χ0v) is 10.8. The molecule has 0 aliphatic heterocycles. The SMILES string of the molecule is CCNC(=O)CCNCc1ccc(I)o1. The van der Waals surface area contributed by atoms with E-state index >= 15 is 0 Å². The molecule has 1 amide bonds. The molecule has 2 N–H and O–H groups in total. The third kappa shape index (κ3) is 5.17. The van der Waals surface area contributed by atoms with Gasteiger partial charge in [-0.15, -0.1) is 0 Å². The highest BCUT2D eigenvalue weighted by molar-refractivity contribution is 14.1. The lowest BCUT2D eigenvalue weighted by Crippen LogP contribution is -2.27. The Morgan fingerprint density at radius 3 is 2.93 bits per heavy atom. The van der Waals surface area contributed by atoms with Crippen LogP contribution < -0.4 is 10.6 Å². The predicted octanol–water partition coefficient (Wildman–Crippen LogP) is 1.50. The van der Waals surface area contributed by atoms with Crippen molar-refractivity contribution in [3.63, 3.8) is 0 Å². The van der Waals surface area contributed by atoms with Crippen LogP contribution in [0.4, 0.5) is 0 Å². The van der Waals surface area contributed by atoms with Crippen molar-refractivity contribution < 1.29 is 9.21 Å². The van der Waals surface area contributed by atoms with Gasteiger partial charge in [0.15, 0.2) is 3.77 Å². The molecule has 0 aliphatic rings. The molecule has 0 aromatic carbocycles. The van der Waals surface area contributed by atoms with Gasteiger partial charge < -0.3 is 15.1 Å². The number of rotatable bonds is 6. The van der Waals surface area contributed by atoms with Gasteiger partial charge in [-0.25, -0.2) is 0 Å². The molecule has 0 unspecified atom stereocenters. The lowest BCUT2D eigenvalue weighted by Gasteiger charge is -2.02. The van der Waals surface area contributed by atoms with Crippen molar-refractivity contribution >= 4 is 28.5 Å². The van der Waals surface area contributed by atoms with E-state index in [-0.39, 0.29) is 5.91 Å². The Bertz CT molecular complexity index is 312. The molecule has 1 rings (SSSR count). The molecule has 0 fully saturated rings. The van der Waals surface area contributed by atoms with Gasteiger partial charge >= 0.3 is 0 Å². The standard InChI is InChI=1S/C10H15IN2O2/c1-2-13-10(14)5-6-12-7-8-3-4-9(11)15-8/h3-4,12H,2,5-7H2,1H3,(H,13,14). The highest BCUT2D eigenvalue weighted by Crippen LogP contribution is 2.09. The van der Waals surface area contributed by atoms with Crippen LogP contribution in [-0.2, 0) is 11.3 Å². The van der Waals surface area contributed by atoms with E-state index < -0.39 is 0 Å². The molecule has 5 heteroatoms. The second-order valence-corrected chi connectivity index (χ2v) is 4.15. The average molecular weight is 322 g/mol. The van der Waals surface area contributed by atoms with E-state index in [4.69, 9.17) is 4.42 Å². The van der Waals surface area contributed by atoms with Crippen molar-refractivity contribution in [1.29, 1.82) is 0 Å². The number of carbonyl (C=O) groups is 1.